The van der Waals surface area contributed by atoms with E-state index in [-0.39, 0.29) is 19.0 Å². The first kappa shape index (κ1) is 14.1. The van der Waals surface area contributed by atoms with Crippen molar-refractivity contribution in [2.24, 2.45) is 0 Å². The lowest BCUT2D eigenvalue weighted by molar-refractivity contribution is 0.0615. The van der Waals surface area contributed by atoms with Crippen LogP contribution in [0.25, 0.3) is 0 Å². The molecule has 4 nitrogen and oxygen atoms in total. The van der Waals surface area contributed by atoms with E-state index in [1.54, 1.807) is 36.4 Å². The third-order valence-corrected chi connectivity index (χ3v) is 2.62. The van der Waals surface area contributed by atoms with Crippen molar-refractivity contribution in [3.05, 3.63) is 54.3 Å². The van der Waals surface area contributed by atoms with E-state index in [1.807, 2.05) is 0 Å². The Morgan fingerprint density at radius 1 is 0.950 bits per heavy atom. The molecule has 0 fully saturated rings. The van der Waals surface area contributed by atoms with Crippen LogP contribution in [0.5, 0.6) is 11.5 Å². The zero-order valence-electron chi connectivity index (χ0n) is 10.8. The van der Waals surface area contributed by atoms with Gasteiger partial charge < -0.3 is 20.3 Å². The zero-order valence-corrected chi connectivity index (χ0v) is 10.8. The fourth-order valence-electron chi connectivity index (χ4n) is 1.59. The van der Waals surface area contributed by atoms with E-state index in [4.69, 9.17) is 15.2 Å². The van der Waals surface area contributed by atoms with Gasteiger partial charge in [0.05, 0.1) is 5.69 Å². The number of aliphatic hydroxyl groups excluding tert-OH is 1. The molecule has 0 saturated heterocycles. The van der Waals surface area contributed by atoms with Crippen molar-refractivity contribution in [1.29, 1.82) is 0 Å². The van der Waals surface area contributed by atoms with Crippen LogP contribution in [0.15, 0.2) is 48.5 Å². The minimum absolute atomic E-state index is 0.0165. The number of benzene rings is 2. The second-order valence-corrected chi connectivity index (χ2v) is 4.24. The number of hydrogen-bond donors (Lipinski definition) is 2. The number of halogens is 1. The molecule has 2 rings (SSSR count). The van der Waals surface area contributed by atoms with E-state index in [0.717, 1.165) is 0 Å². The first-order chi connectivity index (χ1) is 9.66. The van der Waals surface area contributed by atoms with Crippen LogP contribution in [0.2, 0.25) is 0 Å². The molecule has 0 radical (unpaired) electrons. The maximum atomic E-state index is 13.3. The smallest absolute Gasteiger partial charge is 0.165 e. The summed E-state index contributed by atoms with van der Waals surface area (Å²) >= 11 is 0. The Kier molecular flexibility index (Phi) is 4.79. The Morgan fingerprint density at radius 3 is 2.15 bits per heavy atom. The second-order valence-electron chi connectivity index (χ2n) is 4.24. The van der Waals surface area contributed by atoms with E-state index in [9.17, 15) is 9.50 Å². The van der Waals surface area contributed by atoms with Crippen LogP contribution in [-0.4, -0.2) is 24.4 Å². The molecule has 106 valence electrons. The van der Waals surface area contributed by atoms with Crippen molar-refractivity contribution in [2.75, 3.05) is 18.9 Å². The number of hydrogen-bond acceptors (Lipinski definition) is 4. The minimum atomic E-state index is -0.880. The molecule has 2 aromatic carbocycles. The quantitative estimate of drug-likeness (QED) is 0.795. The van der Waals surface area contributed by atoms with Crippen molar-refractivity contribution >= 4 is 5.69 Å². The summed E-state index contributed by atoms with van der Waals surface area (Å²) in [7, 11) is 0. The van der Waals surface area contributed by atoms with Crippen LogP contribution < -0.4 is 15.2 Å². The Morgan fingerprint density at radius 2 is 1.50 bits per heavy atom. The SMILES string of the molecule is Nc1ccccc1OCC(O)COc1ccccc1F. The van der Waals surface area contributed by atoms with Crippen LogP contribution >= 0.6 is 0 Å². The lowest BCUT2D eigenvalue weighted by Crippen LogP contribution is -2.25. The van der Waals surface area contributed by atoms with Gasteiger partial charge in [0.2, 0.25) is 0 Å². The van der Waals surface area contributed by atoms with Gasteiger partial charge in [-0.1, -0.05) is 24.3 Å². The fraction of sp³-hybridized carbons (Fsp3) is 0.200. The van der Waals surface area contributed by atoms with E-state index < -0.39 is 11.9 Å². The van der Waals surface area contributed by atoms with Crippen LogP contribution in [0.1, 0.15) is 0 Å². The average molecular weight is 277 g/mol. The molecule has 5 heteroatoms. The normalized spacial score (nSPS) is 11.9. The molecule has 0 amide bonds. The van der Waals surface area contributed by atoms with Gasteiger partial charge >= 0.3 is 0 Å². The fourth-order valence-corrected chi connectivity index (χ4v) is 1.59. The summed E-state index contributed by atoms with van der Waals surface area (Å²) in [6.45, 7) is -0.0453. The number of anilines is 1. The summed E-state index contributed by atoms with van der Waals surface area (Å²) in [6, 6.07) is 13.0. The Labute approximate surface area is 116 Å². The third kappa shape index (κ3) is 3.86. The molecule has 1 atom stereocenters. The van der Waals surface area contributed by atoms with Crippen molar-refractivity contribution in [3.63, 3.8) is 0 Å². The summed E-state index contributed by atoms with van der Waals surface area (Å²) in [5.74, 6) is 0.135. The Balaban J connectivity index is 1.80. The molecular formula is C15H16FNO3. The van der Waals surface area contributed by atoms with Gasteiger partial charge in [0.25, 0.3) is 0 Å². The van der Waals surface area contributed by atoms with Crippen LogP contribution in [0.4, 0.5) is 10.1 Å². The van der Waals surface area contributed by atoms with Crippen molar-refractivity contribution < 1.29 is 19.0 Å². The van der Waals surface area contributed by atoms with Crippen molar-refractivity contribution in [2.45, 2.75) is 6.10 Å². The van der Waals surface area contributed by atoms with E-state index >= 15 is 0 Å². The summed E-state index contributed by atoms with van der Waals surface area (Å²) in [4.78, 5) is 0. The molecule has 0 aliphatic carbocycles. The highest BCUT2D eigenvalue weighted by Crippen LogP contribution is 2.20. The zero-order chi connectivity index (χ0) is 14.4. The van der Waals surface area contributed by atoms with Gasteiger partial charge in [-0.3, -0.25) is 0 Å². The largest absolute Gasteiger partial charge is 0.489 e. The van der Waals surface area contributed by atoms with E-state index in [1.165, 1.54) is 12.1 Å². The first-order valence-corrected chi connectivity index (χ1v) is 6.19. The maximum absolute atomic E-state index is 13.3. The Hall–Kier alpha value is -2.27. The minimum Gasteiger partial charge on any atom is -0.489 e. The molecule has 0 spiro atoms. The first-order valence-electron chi connectivity index (χ1n) is 6.19. The maximum Gasteiger partial charge on any atom is 0.165 e. The molecular weight excluding hydrogens is 261 g/mol. The second kappa shape index (κ2) is 6.77. The van der Waals surface area contributed by atoms with Crippen LogP contribution in [0, 0.1) is 5.82 Å². The lowest BCUT2D eigenvalue weighted by atomic mass is 10.3. The van der Waals surface area contributed by atoms with Gasteiger partial charge in [-0.15, -0.1) is 0 Å². The molecule has 2 aromatic rings. The van der Waals surface area contributed by atoms with Gasteiger partial charge in [0.1, 0.15) is 25.1 Å². The van der Waals surface area contributed by atoms with Gasteiger partial charge in [-0.25, -0.2) is 4.39 Å². The van der Waals surface area contributed by atoms with E-state index in [2.05, 4.69) is 0 Å². The number of nitrogen functional groups attached to an aromatic ring is 1. The number of nitrogens with two attached hydrogens (primary N) is 1. The third-order valence-electron chi connectivity index (χ3n) is 2.62. The Bertz CT molecular complexity index is 513. The van der Waals surface area contributed by atoms with Gasteiger partial charge in [-0.05, 0) is 24.3 Å². The predicted molar refractivity (Wildman–Crippen MR) is 74.3 cm³/mol. The topological polar surface area (TPSA) is 64.7 Å². The van der Waals surface area contributed by atoms with Crippen molar-refractivity contribution in [3.8, 4) is 11.5 Å². The standard InChI is InChI=1S/C15H16FNO3/c16-12-5-1-3-7-14(12)19-9-11(18)10-20-15-8-4-2-6-13(15)17/h1-8,11,18H,9-10,17H2. The monoisotopic (exact) mass is 277 g/mol. The molecule has 3 N–H and O–H groups in total. The molecule has 0 heterocycles. The van der Waals surface area contributed by atoms with Crippen molar-refractivity contribution in [1.82, 2.24) is 0 Å². The highest BCUT2D eigenvalue weighted by atomic mass is 19.1. The van der Waals surface area contributed by atoms with Gasteiger partial charge in [0.15, 0.2) is 11.6 Å². The predicted octanol–water partition coefficient (Wildman–Crippen LogP) is 2.23. The number of ether oxygens (including phenoxy) is 2. The molecule has 20 heavy (non-hydrogen) atoms. The number of rotatable bonds is 6. The molecule has 0 aromatic heterocycles. The van der Waals surface area contributed by atoms with Gasteiger partial charge in [-0.2, -0.15) is 0 Å². The summed E-state index contributed by atoms with van der Waals surface area (Å²) in [5.41, 5.74) is 6.20. The van der Waals surface area contributed by atoms with E-state index in [0.29, 0.717) is 11.4 Å². The molecule has 0 bridgehead atoms. The number of para-hydroxylation sites is 3. The average Bonchev–Trinajstić information content (AvgIpc) is 2.45. The summed E-state index contributed by atoms with van der Waals surface area (Å²) in [5, 5.41) is 9.74. The highest BCUT2D eigenvalue weighted by Gasteiger charge is 2.09. The molecule has 0 aliphatic rings. The summed E-state index contributed by atoms with van der Waals surface area (Å²) in [6.07, 6.45) is -0.880. The lowest BCUT2D eigenvalue weighted by Gasteiger charge is -2.14. The van der Waals surface area contributed by atoms with Crippen LogP contribution in [-0.2, 0) is 0 Å². The highest BCUT2D eigenvalue weighted by molar-refractivity contribution is 5.51. The van der Waals surface area contributed by atoms with Crippen LogP contribution in [0.3, 0.4) is 0 Å². The molecule has 1 unspecified atom stereocenters. The molecule has 0 aliphatic heterocycles. The summed E-state index contributed by atoms with van der Waals surface area (Å²) < 4.78 is 23.8. The molecule has 0 saturated carbocycles. The van der Waals surface area contributed by atoms with Gasteiger partial charge in [0, 0.05) is 0 Å². The number of aliphatic hydroxyl groups is 1.